The molecule has 2 fully saturated rings. The van der Waals surface area contributed by atoms with Crippen LogP contribution in [0.5, 0.6) is 0 Å². The van der Waals surface area contributed by atoms with E-state index in [0.717, 1.165) is 12.8 Å². The van der Waals surface area contributed by atoms with E-state index in [-0.39, 0.29) is 28.7 Å². The van der Waals surface area contributed by atoms with E-state index in [1.807, 2.05) is 0 Å². The fraction of sp³-hybridized carbons (Fsp3) is 0.467. The number of fused-ring (bicyclic) bond motifs is 1. The molecular formula is C15H16ClN3O3S2. The molecule has 3 aliphatic rings. The third-order valence-corrected chi connectivity index (χ3v) is 7.67. The lowest BCUT2D eigenvalue weighted by Gasteiger charge is -2.11. The van der Waals surface area contributed by atoms with Crippen LogP contribution in [0.3, 0.4) is 0 Å². The molecule has 1 aromatic carbocycles. The van der Waals surface area contributed by atoms with Gasteiger partial charge < -0.3 is 10.6 Å². The maximum absolute atomic E-state index is 12.1. The van der Waals surface area contributed by atoms with Crippen molar-refractivity contribution in [3.63, 3.8) is 0 Å². The SMILES string of the molecule is O=C(NC1CC1)c1ccc(Cl)c(NC2=N[C@@H]3CS(=O)(=O)C[C@H]3S2)c1. The molecule has 9 heteroatoms. The number of hydrogen-bond acceptors (Lipinski definition) is 6. The highest BCUT2D eigenvalue weighted by atomic mass is 35.5. The summed E-state index contributed by atoms with van der Waals surface area (Å²) in [7, 11) is -2.97. The summed E-state index contributed by atoms with van der Waals surface area (Å²) in [6.45, 7) is 0. The lowest BCUT2D eigenvalue weighted by atomic mass is 10.2. The summed E-state index contributed by atoms with van der Waals surface area (Å²) in [5.74, 6) is 0.156. The highest BCUT2D eigenvalue weighted by Crippen LogP contribution is 2.35. The topological polar surface area (TPSA) is 87.6 Å². The van der Waals surface area contributed by atoms with Crippen molar-refractivity contribution in [2.45, 2.75) is 30.2 Å². The van der Waals surface area contributed by atoms with Crippen LogP contribution in [0, 0.1) is 0 Å². The number of benzene rings is 1. The van der Waals surface area contributed by atoms with Gasteiger partial charge in [0.2, 0.25) is 0 Å². The third kappa shape index (κ3) is 3.41. The smallest absolute Gasteiger partial charge is 0.251 e. The van der Waals surface area contributed by atoms with E-state index in [1.54, 1.807) is 18.2 Å². The first-order valence-corrected chi connectivity index (χ1v) is 10.8. The molecule has 0 bridgehead atoms. The average molecular weight is 386 g/mol. The lowest BCUT2D eigenvalue weighted by Crippen LogP contribution is -2.25. The molecule has 24 heavy (non-hydrogen) atoms. The van der Waals surface area contributed by atoms with Gasteiger partial charge in [-0.15, -0.1) is 0 Å². The predicted molar refractivity (Wildman–Crippen MR) is 96.8 cm³/mol. The normalized spacial score (nSPS) is 27.5. The molecule has 0 unspecified atom stereocenters. The quantitative estimate of drug-likeness (QED) is 0.829. The van der Waals surface area contributed by atoms with Gasteiger partial charge in [-0.2, -0.15) is 0 Å². The van der Waals surface area contributed by atoms with Crippen molar-refractivity contribution in [1.82, 2.24) is 5.32 Å². The maximum atomic E-state index is 12.1. The van der Waals surface area contributed by atoms with Crippen LogP contribution in [-0.4, -0.2) is 48.3 Å². The lowest BCUT2D eigenvalue weighted by molar-refractivity contribution is 0.0951. The number of nitrogens with zero attached hydrogens (tertiary/aromatic N) is 1. The Morgan fingerprint density at radius 2 is 2.08 bits per heavy atom. The van der Waals surface area contributed by atoms with E-state index < -0.39 is 9.84 Å². The van der Waals surface area contributed by atoms with E-state index >= 15 is 0 Å². The second-order valence-corrected chi connectivity index (χ2v) is 10.1. The number of thioether (sulfide) groups is 1. The highest BCUT2D eigenvalue weighted by Gasteiger charge is 2.42. The van der Waals surface area contributed by atoms with Gasteiger partial charge in [0.15, 0.2) is 15.0 Å². The van der Waals surface area contributed by atoms with Crippen LogP contribution >= 0.6 is 23.4 Å². The fourth-order valence-corrected chi connectivity index (χ4v) is 6.62. The second kappa shape index (κ2) is 5.93. The van der Waals surface area contributed by atoms with Crippen LogP contribution < -0.4 is 10.6 Å². The number of amides is 1. The van der Waals surface area contributed by atoms with Crippen LogP contribution in [0.15, 0.2) is 23.2 Å². The van der Waals surface area contributed by atoms with Crippen molar-refractivity contribution in [1.29, 1.82) is 0 Å². The number of anilines is 1. The Bertz CT molecular complexity index is 836. The van der Waals surface area contributed by atoms with Gasteiger partial charge in [-0.05, 0) is 31.0 Å². The van der Waals surface area contributed by atoms with Gasteiger partial charge >= 0.3 is 0 Å². The molecule has 0 radical (unpaired) electrons. The Morgan fingerprint density at radius 1 is 1.29 bits per heavy atom. The Hall–Kier alpha value is -1.25. The van der Waals surface area contributed by atoms with Crippen molar-refractivity contribution in [2.75, 3.05) is 16.8 Å². The van der Waals surface area contributed by atoms with Gasteiger partial charge in [-0.3, -0.25) is 9.79 Å². The van der Waals surface area contributed by atoms with Crippen LogP contribution in [0.2, 0.25) is 5.02 Å². The first-order valence-electron chi connectivity index (χ1n) is 7.72. The summed E-state index contributed by atoms with van der Waals surface area (Å²) < 4.78 is 23.2. The first-order chi connectivity index (χ1) is 11.4. The van der Waals surface area contributed by atoms with Crippen LogP contribution in [0.4, 0.5) is 5.69 Å². The van der Waals surface area contributed by atoms with E-state index in [2.05, 4.69) is 15.6 Å². The molecule has 2 heterocycles. The molecule has 1 aromatic rings. The molecule has 1 amide bonds. The molecule has 6 nitrogen and oxygen atoms in total. The number of aliphatic imine (C=N–C) groups is 1. The number of amidine groups is 1. The van der Waals surface area contributed by atoms with Crippen molar-refractivity contribution in [3.05, 3.63) is 28.8 Å². The van der Waals surface area contributed by atoms with Crippen molar-refractivity contribution in [2.24, 2.45) is 4.99 Å². The van der Waals surface area contributed by atoms with Gasteiger partial charge in [0, 0.05) is 16.9 Å². The number of carbonyl (C=O) groups is 1. The van der Waals surface area contributed by atoms with Crippen molar-refractivity contribution in [3.8, 4) is 0 Å². The van der Waals surface area contributed by atoms with Crippen LogP contribution in [0.25, 0.3) is 0 Å². The van der Waals surface area contributed by atoms with Crippen LogP contribution in [0.1, 0.15) is 23.2 Å². The van der Waals surface area contributed by atoms with Gasteiger partial charge in [-0.1, -0.05) is 23.4 Å². The van der Waals surface area contributed by atoms with Crippen molar-refractivity contribution < 1.29 is 13.2 Å². The molecule has 128 valence electrons. The summed E-state index contributed by atoms with van der Waals surface area (Å²) in [4.78, 5) is 16.6. The van der Waals surface area contributed by atoms with Crippen LogP contribution in [-0.2, 0) is 9.84 Å². The van der Waals surface area contributed by atoms with Gasteiger partial charge in [-0.25, -0.2) is 8.42 Å². The molecule has 0 spiro atoms. The molecule has 2 aliphatic heterocycles. The minimum atomic E-state index is -2.97. The number of hydrogen-bond donors (Lipinski definition) is 2. The molecule has 1 saturated carbocycles. The minimum absolute atomic E-state index is 0.0300. The average Bonchev–Trinajstić information content (AvgIpc) is 3.16. The Morgan fingerprint density at radius 3 is 2.79 bits per heavy atom. The predicted octanol–water partition coefficient (Wildman–Crippen LogP) is 1.91. The van der Waals surface area contributed by atoms with E-state index in [1.165, 1.54) is 11.8 Å². The number of carbonyl (C=O) groups excluding carboxylic acids is 1. The summed E-state index contributed by atoms with van der Waals surface area (Å²) in [6.07, 6.45) is 2.06. The summed E-state index contributed by atoms with van der Waals surface area (Å²) >= 11 is 7.63. The Labute approximate surface area is 149 Å². The van der Waals surface area contributed by atoms with E-state index in [4.69, 9.17) is 11.6 Å². The Kier molecular flexibility index (Phi) is 4.01. The molecule has 1 saturated heterocycles. The number of nitrogens with one attached hydrogen (secondary N) is 2. The number of rotatable bonds is 3. The summed E-state index contributed by atoms with van der Waals surface area (Å²) in [5.41, 5.74) is 1.15. The zero-order valence-electron chi connectivity index (χ0n) is 12.7. The standard InChI is InChI=1S/C15H16ClN3O3S2/c16-10-4-1-8(14(20)17-9-2-3-9)5-11(10)18-15-19-12-6-24(21,22)7-13(12)23-15/h1,4-5,9,12-13H,2-3,6-7H2,(H,17,20)(H,18,19)/t12-,13-/m1/s1. The largest absolute Gasteiger partial charge is 0.349 e. The van der Waals surface area contributed by atoms with Gasteiger partial charge in [0.05, 0.1) is 28.3 Å². The van der Waals surface area contributed by atoms with Gasteiger partial charge in [0.1, 0.15) is 0 Å². The first kappa shape index (κ1) is 16.2. The third-order valence-electron chi connectivity index (χ3n) is 4.20. The minimum Gasteiger partial charge on any atom is -0.349 e. The van der Waals surface area contributed by atoms with Gasteiger partial charge in [0.25, 0.3) is 5.91 Å². The Balaban J connectivity index is 1.49. The molecule has 2 N–H and O–H groups in total. The van der Waals surface area contributed by atoms with E-state index in [0.29, 0.717) is 27.5 Å². The number of halogens is 1. The highest BCUT2D eigenvalue weighted by molar-refractivity contribution is 8.15. The second-order valence-electron chi connectivity index (χ2n) is 6.30. The summed E-state index contributed by atoms with van der Waals surface area (Å²) in [5, 5.41) is 7.19. The number of sulfone groups is 1. The van der Waals surface area contributed by atoms with E-state index in [9.17, 15) is 13.2 Å². The molecule has 2 atom stereocenters. The zero-order chi connectivity index (χ0) is 16.9. The fourth-order valence-electron chi connectivity index (χ4n) is 2.79. The molecular weight excluding hydrogens is 370 g/mol. The molecule has 1 aliphatic carbocycles. The summed E-state index contributed by atoms with van der Waals surface area (Å²) in [6, 6.07) is 5.17. The zero-order valence-corrected chi connectivity index (χ0v) is 15.0. The molecule has 0 aromatic heterocycles. The maximum Gasteiger partial charge on any atom is 0.251 e. The molecule has 4 rings (SSSR count). The monoisotopic (exact) mass is 385 g/mol. The van der Waals surface area contributed by atoms with Crippen molar-refractivity contribution >= 4 is 50.0 Å².